The van der Waals surface area contributed by atoms with E-state index in [1.165, 1.54) is 0 Å². The fourth-order valence-corrected chi connectivity index (χ4v) is 3.07. The lowest BCUT2D eigenvalue weighted by Gasteiger charge is -2.34. The van der Waals surface area contributed by atoms with E-state index in [2.05, 4.69) is 5.32 Å². The Morgan fingerprint density at radius 3 is 2.59 bits per heavy atom. The van der Waals surface area contributed by atoms with Gasteiger partial charge < -0.3 is 10.4 Å². The average molecular weight is 258 g/mol. The van der Waals surface area contributed by atoms with Gasteiger partial charge in [0.15, 0.2) is 0 Å². The van der Waals surface area contributed by atoms with E-state index in [1.54, 1.807) is 6.92 Å². The highest BCUT2D eigenvalue weighted by Gasteiger charge is 2.57. The smallest absolute Gasteiger partial charge is 0.226 e. The van der Waals surface area contributed by atoms with Crippen molar-refractivity contribution in [1.29, 1.82) is 0 Å². The van der Waals surface area contributed by atoms with Crippen LogP contribution in [0.3, 0.4) is 0 Å². The minimum atomic E-state index is -1.13. The molecule has 17 heavy (non-hydrogen) atoms. The van der Waals surface area contributed by atoms with Gasteiger partial charge in [-0.05, 0) is 12.3 Å². The lowest BCUT2D eigenvalue weighted by Crippen LogP contribution is -2.58. The van der Waals surface area contributed by atoms with Crippen molar-refractivity contribution in [2.24, 2.45) is 11.8 Å². The number of amides is 1. The SMILES string of the molecule is C[CH]CSC(=O)[C@]1(C(C)C)NC(=O)[C@H](C)C1O. The molecule has 0 spiro atoms. The Labute approximate surface area is 107 Å². The fourth-order valence-electron chi connectivity index (χ4n) is 2.10. The maximum atomic E-state index is 12.2. The van der Waals surface area contributed by atoms with Crippen LogP contribution in [-0.4, -0.2) is 33.5 Å². The van der Waals surface area contributed by atoms with Gasteiger partial charge in [-0.15, -0.1) is 0 Å². The first-order chi connectivity index (χ1) is 7.87. The summed E-state index contributed by atoms with van der Waals surface area (Å²) in [5.41, 5.74) is -1.13. The molecule has 1 radical (unpaired) electrons. The van der Waals surface area contributed by atoms with E-state index in [9.17, 15) is 14.7 Å². The first-order valence-electron chi connectivity index (χ1n) is 5.83. The number of hydrogen-bond acceptors (Lipinski definition) is 4. The maximum absolute atomic E-state index is 12.2. The van der Waals surface area contributed by atoms with Crippen molar-refractivity contribution >= 4 is 22.8 Å². The Hall–Kier alpha value is -0.550. The Morgan fingerprint density at radius 1 is 1.65 bits per heavy atom. The molecular weight excluding hydrogens is 238 g/mol. The first-order valence-corrected chi connectivity index (χ1v) is 6.81. The fraction of sp³-hybridized carbons (Fsp3) is 0.750. The molecule has 1 aliphatic rings. The molecule has 97 valence electrons. The molecule has 5 heteroatoms. The summed E-state index contributed by atoms with van der Waals surface area (Å²) in [7, 11) is 0. The van der Waals surface area contributed by atoms with Gasteiger partial charge >= 0.3 is 0 Å². The quantitative estimate of drug-likeness (QED) is 0.789. The van der Waals surface area contributed by atoms with Crippen molar-refractivity contribution in [1.82, 2.24) is 5.32 Å². The van der Waals surface area contributed by atoms with Gasteiger partial charge in [0, 0.05) is 5.75 Å². The summed E-state index contributed by atoms with van der Waals surface area (Å²) in [5, 5.41) is 12.7. The van der Waals surface area contributed by atoms with E-state index < -0.39 is 17.6 Å². The monoisotopic (exact) mass is 258 g/mol. The number of rotatable bonds is 4. The van der Waals surface area contributed by atoms with Crippen LogP contribution in [0.25, 0.3) is 0 Å². The van der Waals surface area contributed by atoms with Crippen molar-refractivity contribution < 1.29 is 14.7 Å². The summed E-state index contributed by atoms with van der Waals surface area (Å²) in [5.74, 6) is -0.332. The number of aliphatic hydroxyl groups is 1. The minimum Gasteiger partial charge on any atom is -0.389 e. The summed E-state index contributed by atoms with van der Waals surface area (Å²) < 4.78 is 0. The normalized spacial score (nSPS) is 32.9. The highest BCUT2D eigenvalue weighted by molar-refractivity contribution is 8.13. The Bertz CT molecular complexity index is 319. The highest BCUT2D eigenvalue weighted by atomic mass is 32.2. The van der Waals surface area contributed by atoms with Gasteiger partial charge in [0.05, 0.1) is 12.0 Å². The van der Waals surface area contributed by atoms with Gasteiger partial charge in [0.2, 0.25) is 11.0 Å². The van der Waals surface area contributed by atoms with Crippen LogP contribution in [0.5, 0.6) is 0 Å². The number of carbonyl (C=O) groups is 2. The molecule has 1 fully saturated rings. The Kier molecular flexibility index (Phi) is 4.61. The van der Waals surface area contributed by atoms with Crippen molar-refractivity contribution in [3.05, 3.63) is 6.42 Å². The van der Waals surface area contributed by atoms with Crippen LogP contribution in [0.15, 0.2) is 0 Å². The average Bonchev–Trinajstić information content (AvgIpc) is 2.51. The summed E-state index contributed by atoms with van der Waals surface area (Å²) in [6, 6.07) is 0. The molecule has 1 heterocycles. The third-order valence-electron chi connectivity index (χ3n) is 3.31. The number of nitrogens with one attached hydrogen (secondary N) is 1. The molecule has 1 unspecified atom stereocenters. The van der Waals surface area contributed by atoms with Crippen molar-refractivity contribution in [3.63, 3.8) is 0 Å². The van der Waals surface area contributed by atoms with Gasteiger partial charge in [-0.25, -0.2) is 0 Å². The Balaban J connectivity index is 2.99. The topological polar surface area (TPSA) is 66.4 Å². The molecule has 0 aromatic heterocycles. The lowest BCUT2D eigenvalue weighted by atomic mass is 9.81. The molecule has 0 aromatic carbocycles. The second-order valence-corrected chi connectivity index (χ2v) is 5.75. The molecular formula is C12H20NO3S. The van der Waals surface area contributed by atoms with Gasteiger partial charge in [-0.2, -0.15) is 0 Å². The van der Waals surface area contributed by atoms with E-state index in [0.717, 1.165) is 11.8 Å². The largest absolute Gasteiger partial charge is 0.389 e. The first kappa shape index (κ1) is 14.5. The van der Waals surface area contributed by atoms with E-state index in [0.29, 0.717) is 5.75 Å². The second kappa shape index (κ2) is 5.40. The third kappa shape index (κ3) is 2.36. The van der Waals surface area contributed by atoms with Crippen molar-refractivity contribution in [2.45, 2.75) is 39.3 Å². The predicted molar refractivity (Wildman–Crippen MR) is 68.3 cm³/mol. The van der Waals surface area contributed by atoms with Gasteiger partial charge in [-0.3, -0.25) is 9.59 Å². The van der Waals surface area contributed by atoms with E-state index in [4.69, 9.17) is 0 Å². The summed E-state index contributed by atoms with van der Waals surface area (Å²) in [6.45, 7) is 7.20. The van der Waals surface area contributed by atoms with E-state index >= 15 is 0 Å². The van der Waals surface area contributed by atoms with Crippen LogP contribution in [0.4, 0.5) is 0 Å². The lowest BCUT2D eigenvalue weighted by molar-refractivity contribution is -0.125. The van der Waals surface area contributed by atoms with E-state index in [1.807, 2.05) is 27.2 Å². The second-order valence-electron chi connectivity index (χ2n) is 4.75. The number of hydrogen-bond donors (Lipinski definition) is 2. The molecule has 1 saturated heterocycles. The van der Waals surface area contributed by atoms with E-state index in [-0.39, 0.29) is 16.9 Å². The molecule has 2 N–H and O–H groups in total. The minimum absolute atomic E-state index is 0.136. The third-order valence-corrected chi connectivity index (χ3v) is 4.41. The molecule has 0 bridgehead atoms. The molecule has 3 atom stereocenters. The zero-order chi connectivity index (χ0) is 13.2. The van der Waals surface area contributed by atoms with Crippen LogP contribution < -0.4 is 5.32 Å². The number of thioether (sulfide) groups is 1. The van der Waals surface area contributed by atoms with Gasteiger partial charge in [0.1, 0.15) is 5.54 Å². The standard InChI is InChI=1S/C12H20NO3S/c1-5-6-17-11(16)12(7(2)3)9(14)8(4)10(15)13-12/h5,7-9,14H,6H2,1-4H3,(H,13,15)/t8-,9?,12-/m1/s1. The summed E-state index contributed by atoms with van der Waals surface area (Å²) in [4.78, 5) is 23.9. The molecule has 1 aliphatic heterocycles. The van der Waals surface area contributed by atoms with Crippen LogP contribution in [0.2, 0.25) is 0 Å². The molecule has 0 aromatic rings. The van der Waals surface area contributed by atoms with Crippen LogP contribution in [0, 0.1) is 18.3 Å². The summed E-state index contributed by atoms with van der Waals surface area (Å²) >= 11 is 1.14. The zero-order valence-corrected chi connectivity index (χ0v) is 11.5. The number of carbonyl (C=O) groups excluding carboxylic acids is 2. The maximum Gasteiger partial charge on any atom is 0.226 e. The molecule has 0 aliphatic carbocycles. The zero-order valence-electron chi connectivity index (χ0n) is 10.7. The summed E-state index contributed by atoms with van der Waals surface area (Å²) in [6.07, 6.45) is 0.926. The highest BCUT2D eigenvalue weighted by Crippen LogP contribution is 2.36. The van der Waals surface area contributed by atoms with Gasteiger partial charge in [0.25, 0.3) is 0 Å². The number of aliphatic hydroxyl groups excluding tert-OH is 1. The Morgan fingerprint density at radius 2 is 2.24 bits per heavy atom. The molecule has 1 amide bonds. The van der Waals surface area contributed by atoms with Crippen LogP contribution >= 0.6 is 11.8 Å². The molecule has 0 saturated carbocycles. The van der Waals surface area contributed by atoms with Gasteiger partial charge in [-0.1, -0.05) is 39.5 Å². The molecule has 1 rings (SSSR count). The van der Waals surface area contributed by atoms with Crippen molar-refractivity contribution in [3.8, 4) is 0 Å². The van der Waals surface area contributed by atoms with Crippen LogP contribution in [-0.2, 0) is 9.59 Å². The predicted octanol–water partition coefficient (Wildman–Crippen LogP) is 0.992. The molecule has 4 nitrogen and oxygen atoms in total. The van der Waals surface area contributed by atoms with Crippen LogP contribution in [0.1, 0.15) is 27.7 Å². The van der Waals surface area contributed by atoms with Crippen molar-refractivity contribution in [2.75, 3.05) is 5.75 Å².